The van der Waals surface area contributed by atoms with Crippen LogP contribution in [-0.4, -0.2) is 75.2 Å². The van der Waals surface area contributed by atoms with Gasteiger partial charge in [0.05, 0.1) is 38.4 Å². The topological polar surface area (TPSA) is 24.9 Å². The van der Waals surface area contributed by atoms with E-state index in [9.17, 15) is 0 Å². The maximum atomic E-state index is 7.41. The fourth-order valence-corrected chi connectivity index (χ4v) is 10.0. The molecule has 4 nitrogen and oxygen atoms in total. The molecule has 0 amide bonds. The van der Waals surface area contributed by atoms with Crippen LogP contribution in [0.5, 0.6) is 0 Å². The Morgan fingerprint density at radius 1 is 0.969 bits per heavy atom. The molecule has 2 heterocycles. The Morgan fingerprint density at radius 2 is 1.44 bits per heavy atom. The minimum atomic E-state index is -2.06. The molecule has 0 aromatic heterocycles. The summed E-state index contributed by atoms with van der Waals surface area (Å²) in [5, 5.41) is 0. The summed E-state index contributed by atoms with van der Waals surface area (Å²) in [7, 11) is 8.94. The van der Waals surface area contributed by atoms with Crippen LogP contribution in [0.2, 0.25) is 0 Å². The fourth-order valence-electron chi connectivity index (χ4n) is 5.35. The van der Waals surface area contributed by atoms with Crippen molar-refractivity contribution in [1.82, 2.24) is 9.34 Å². The van der Waals surface area contributed by atoms with Crippen molar-refractivity contribution in [1.29, 1.82) is 0 Å². The van der Waals surface area contributed by atoms with Crippen LogP contribution in [0.4, 0.5) is 0 Å². The average Bonchev–Trinajstić information content (AvgIpc) is 3.51. The Hall–Kier alpha value is 0.684. The summed E-state index contributed by atoms with van der Waals surface area (Å²) in [5.41, 5.74) is 0.238. The second kappa shape index (κ2) is 15.6. The SMILES string of the molecule is C1CCCC1.[B][P+](C1C=CC=C(Br)[CH-]1)(N1CCC[C@@H]1COC)N1CCC[C@@H]1COC.[CH3-].[Fe+2]. The molecule has 2 aliphatic carbocycles. The number of methoxy groups -OCH3 is 2. The van der Waals surface area contributed by atoms with Crippen LogP contribution in [0.15, 0.2) is 22.7 Å². The van der Waals surface area contributed by atoms with Gasteiger partial charge in [0.25, 0.3) is 0 Å². The summed E-state index contributed by atoms with van der Waals surface area (Å²) in [6.45, 7) is 3.65. The summed E-state index contributed by atoms with van der Waals surface area (Å²) in [6, 6.07) is 0.831. The van der Waals surface area contributed by atoms with Gasteiger partial charge in [-0.15, -0.1) is 10.6 Å². The second-order valence-corrected chi connectivity index (χ2v) is 12.8. The van der Waals surface area contributed by atoms with Gasteiger partial charge in [-0.25, -0.2) is 0 Å². The zero-order valence-corrected chi connectivity index (χ0v) is 23.8. The number of halogens is 1. The molecular formula is C24H42BBrFeN2O2P+. The van der Waals surface area contributed by atoms with E-state index in [1.54, 1.807) is 14.2 Å². The van der Waals surface area contributed by atoms with E-state index in [4.69, 9.17) is 17.0 Å². The largest absolute Gasteiger partial charge is 2.00 e. The predicted octanol–water partition coefficient (Wildman–Crippen LogP) is 5.96. The first-order valence-electron chi connectivity index (χ1n) is 11.7. The van der Waals surface area contributed by atoms with Gasteiger partial charge in [0.2, 0.25) is 0 Å². The molecule has 32 heavy (non-hydrogen) atoms. The zero-order chi connectivity index (χ0) is 21.4. The first-order chi connectivity index (χ1) is 14.6. The second-order valence-electron chi connectivity index (χ2n) is 8.89. The van der Waals surface area contributed by atoms with Crippen molar-refractivity contribution in [2.24, 2.45) is 0 Å². The number of hydrogen-bond acceptors (Lipinski definition) is 4. The van der Waals surface area contributed by atoms with E-state index in [1.165, 1.54) is 57.8 Å². The minimum Gasteiger partial charge on any atom is -0.383 e. The summed E-state index contributed by atoms with van der Waals surface area (Å²) in [4.78, 5) is 0. The molecule has 0 aromatic rings. The van der Waals surface area contributed by atoms with E-state index in [2.05, 4.69) is 49.9 Å². The normalized spacial score (nSPS) is 28.2. The molecule has 0 bridgehead atoms. The molecule has 4 aliphatic rings. The number of ether oxygens (including phenoxy) is 2. The van der Waals surface area contributed by atoms with Gasteiger partial charge in [-0.05, 0) is 25.7 Å². The first-order valence-corrected chi connectivity index (χ1v) is 14.3. The number of allylic oxidation sites excluding steroid dienone is 4. The third kappa shape index (κ3) is 7.59. The Labute approximate surface area is 218 Å². The third-order valence-corrected chi connectivity index (χ3v) is 11.2. The molecule has 8 heteroatoms. The summed E-state index contributed by atoms with van der Waals surface area (Å²) < 4.78 is 17.4. The number of nitrogens with zero attached hydrogens (tertiary/aromatic N) is 2. The van der Waals surface area contributed by atoms with Gasteiger partial charge in [-0.1, -0.05) is 54.1 Å². The van der Waals surface area contributed by atoms with E-state index < -0.39 is 7.44 Å². The van der Waals surface area contributed by atoms with E-state index >= 15 is 0 Å². The summed E-state index contributed by atoms with van der Waals surface area (Å²) in [6.07, 6.45) is 21.0. The van der Waals surface area contributed by atoms with Crippen LogP contribution in [0.25, 0.3) is 0 Å². The van der Waals surface area contributed by atoms with Gasteiger partial charge in [0.1, 0.15) is 0 Å². The van der Waals surface area contributed by atoms with Gasteiger partial charge >= 0.3 is 24.6 Å². The molecular weight excluding hydrogens is 526 g/mol. The van der Waals surface area contributed by atoms with Crippen molar-refractivity contribution in [3.05, 3.63) is 36.6 Å². The first kappa shape index (κ1) is 30.7. The van der Waals surface area contributed by atoms with E-state index in [1.807, 2.05) is 0 Å². The molecule has 4 rings (SSSR count). The van der Waals surface area contributed by atoms with Crippen LogP contribution < -0.4 is 0 Å². The molecule has 0 aromatic carbocycles. The van der Waals surface area contributed by atoms with Crippen LogP contribution in [-0.2, 0) is 26.5 Å². The van der Waals surface area contributed by atoms with Crippen molar-refractivity contribution in [3.63, 3.8) is 0 Å². The standard InChI is InChI=1S/C18H29BBrN2O2P.C5H10.CH3.Fe/c1-23-13-16-7-4-10-21(16)25(19,18-9-3-6-15(20)12-18)22-11-5-8-17(22)14-24-2;1-2-4-5-3-1;;/h3,6,9,12,16-18H,4-5,7-8,10-11,13-14H2,1-2H3;1-5H2;1H3;/q;;-1;+2/t16-,17-,18?;;;/m1.../s1. The van der Waals surface area contributed by atoms with E-state index in [0.717, 1.165) is 30.8 Å². The van der Waals surface area contributed by atoms with Crippen molar-refractivity contribution in [2.75, 3.05) is 40.5 Å². The smallest absolute Gasteiger partial charge is 0.383 e. The molecule has 1 unspecified atom stereocenters. The molecule has 2 aliphatic heterocycles. The molecule has 3 fully saturated rings. The maximum absolute atomic E-state index is 7.41. The molecule has 2 saturated heterocycles. The van der Waals surface area contributed by atoms with Crippen LogP contribution in [0, 0.1) is 13.8 Å². The van der Waals surface area contributed by atoms with Crippen molar-refractivity contribution in [3.8, 4) is 0 Å². The predicted molar refractivity (Wildman–Crippen MR) is 140 cm³/mol. The summed E-state index contributed by atoms with van der Waals surface area (Å²) in [5.74, 6) is 0. The van der Waals surface area contributed by atoms with Gasteiger partial charge < -0.3 is 16.9 Å². The molecule has 2 radical (unpaired) electrons. The van der Waals surface area contributed by atoms with E-state index in [0.29, 0.717) is 12.1 Å². The minimum absolute atomic E-state index is 0. The Bertz CT molecular complexity index is 563. The number of rotatable bonds is 7. The quantitative estimate of drug-likeness (QED) is 0.215. The third-order valence-electron chi connectivity index (χ3n) is 6.82. The average molecular weight is 568 g/mol. The molecule has 3 atom stereocenters. The van der Waals surface area contributed by atoms with Crippen molar-refractivity contribution in [2.45, 2.75) is 75.5 Å². The van der Waals surface area contributed by atoms with Crippen LogP contribution >= 0.6 is 23.4 Å². The van der Waals surface area contributed by atoms with Crippen LogP contribution in [0.1, 0.15) is 57.8 Å². The maximum Gasteiger partial charge on any atom is 2.00 e. The molecule has 0 spiro atoms. The monoisotopic (exact) mass is 567 g/mol. The fraction of sp³-hybridized carbons (Fsp3) is 0.750. The Morgan fingerprint density at radius 3 is 1.84 bits per heavy atom. The molecule has 0 N–H and O–H groups in total. The molecule has 1 saturated carbocycles. The van der Waals surface area contributed by atoms with Crippen molar-refractivity contribution >= 4 is 30.9 Å². The van der Waals surface area contributed by atoms with Crippen molar-refractivity contribution < 1.29 is 26.5 Å². The Balaban J connectivity index is 0.000000647. The van der Waals surface area contributed by atoms with E-state index in [-0.39, 0.29) is 30.2 Å². The van der Waals surface area contributed by atoms with Crippen LogP contribution in [0.3, 0.4) is 0 Å². The molecule has 182 valence electrons. The zero-order valence-electron chi connectivity index (χ0n) is 20.2. The summed E-state index contributed by atoms with van der Waals surface area (Å²) >= 11 is 3.66. The van der Waals surface area contributed by atoms with Gasteiger partial charge in [-0.2, -0.15) is 21.8 Å². The van der Waals surface area contributed by atoms with Gasteiger partial charge in [-0.3, -0.25) is 0 Å². The van der Waals surface area contributed by atoms with Gasteiger partial charge in [0, 0.05) is 27.3 Å². The Kier molecular flexibility index (Phi) is 15.0. The number of hydrogen-bond donors (Lipinski definition) is 0. The van der Waals surface area contributed by atoms with Gasteiger partial charge in [0.15, 0.2) is 0 Å².